The Labute approximate surface area is 112 Å². The van der Waals surface area contributed by atoms with Gasteiger partial charge < -0.3 is 10.6 Å². The highest BCUT2D eigenvalue weighted by molar-refractivity contribution is 5.94. The first-order valence-corrected chi connectivity index (χ1v) is 6.10. The summed E-state index contributed by atoms with van der Waals surface area (Å²) >= 11 is 0. The molecular formula is C14H20F2N2O. The van der Waals surface area contributed by atoms with Crippen LogP contribution >= 0.6 is 0 Å². The Morgan fingerprint density at radius 3 is 2.47 bits per heavy atom. The minimum atomic E-state index is -0.842. The second-order valence-electron chi connectivity index (χ2n) is 5.58. The van der Waals surface area contributed by atoms with E-state index in [4.69, 9.17) is 5.73 Å². The van der Waals surface area contributed by atoms with Crippen molar-refractivity contribution < 1.29 is 13.6 Å². The third kappa shape index (κ3) is 3.50. The maximum absolute atomic E-state index is 13.9. The van der Waals surface area contributed by atoms with Crippen LogP contribution in [0.1, 0.15) is 29.8 Å². The first-order valence-electron chi connectivity index (χ1n) is 6.10. The summed E-state index contributed by atoms with van der Waals surface area (Å²) in [5, 5.41) is 0. The summed E-state index contributed by atoms with van der Waals surface area (Å²) < 4.78 is 27.5. The van der Waals surface area contributed by atoms with Crippen LogP contribution in [0.3, 0.4) is 0 Å². The average Bonchev–Trinajstić information content (AvgIpc) is 2.33. The first-order chi connectivity index (χ1) is 8.69. The van der Waals surface area contributed by atoms with Crippen molar-refractivity contribution in [1.29, 1.82) is 0 Å². The molecule has 19 heavy (non-hydrogen) atoms. The van der Waals surface area contributed by atoms with Crippen LogP contribution in [0.2, 0.25) is 0 Å². The predicted octanol–water partition coefficient (Wildman–Crippen LogP) is 2.33. The number of hydrogen-bond acceptors (Lipinski definition) is 2. The summed E-state index contributed by atoms with van der Waals surface area (Å²) in [6, 6.07) is 2.42. The van der Waals surface area contributed by atoms with E-state index in [2.05, 4.69) is 0 Å². The maximum Gasteiger partial charge on any atom is 0.259 e. The van der Waals surface area contributed by atoms with Crippen LogP contribution in [0, 0.1) is 24.0 Å². The zero-order chi connectivity index (χ0) is 14.8. The van der Waals surface area contributed by atoms with Crippen LogP contribution in [0.25, 0.3) is 0 Å². The van der Waals surface area contributed by atoms with Crippen molar-refractivity contribution in [2.45, 2.75) is 20.8 Å². The molecule has 0 atom stereocenters. The van der Waals surface area contributed by atoms with Crippen LogP contribution in [-0.4, -0.2) is 30.9 Å². The molecule has 0 bridgehead atoms. The second-order valence-corrected chi connectivity index (χ2v) is 5.58. The highest BCUT2D eigenvalue weighted by Crippen LogP contribution is 2.20. The van der Waals surface area contributed by atoms with Crippen molar-refractivity contribution in [2.75, 3.05) is 20.1 Å². The van der Waals surface area contributed by atoms with Gasteiger partial charge in [0.1, 0.15) is 17.2 Å². The number of nitrogens with two attached hydrogens (primary N) is 1. The Morgan fingerprint density at radius 1 is 1.37 bits per heavy atom. The Bertz CT molecular complexity index is 487. The molecule has 0 radical (unpaired) electrons. The minimum Gasteiger partial charge on any atom is -0.341 e. The van der Waals surface area contributed by atoms with Gasteiger partial charge >= 0.3 is 0 Å². The van der Waals surface area contributed by atoms with Crippen molar-refractivity contribution in [1.82, 2.24) is 4.90 Å². The Hall–Kier alpha value is -1.49. The molecule has 0 aromatic heterocycles. The van der Waals surface area contributed by atoms with Crippen molar-refractivity contribution >= 4 is 5.91 Å². The van der Waals surface area contributed by atoms with Gasteiger partial charge in [0.05, 0.1) is 0 Å². The second kappa shape index (κ2) is 5.65. The summed E-state index contributed by atoms with van der Waals surface area (Å²) in [6.45, 7) is 5.98. The molecule has 3 nitrogen and oxygen atoms in total. The van der Waals surface area contributed by atoms with Gasteiger partial charge in [0.25, 0.3) is 5.91 Å². The summed E-state index contributed by atoms with van der Waals surface area (Å²) in [4.78, 5) is 13.4. The van der Waals surface area contributed by atoms with E-state index in [1.54, 1.807) is 0 Å². The number of carbonyl (C=O) groups excluding carboxylic acids is 1. The molecule has 0 unspecified atom stereocenters. The van der Waals surface area contributed by atoms with Gasteiger partial charge in [-0.2, -0.15) is 0 Å². The average molecular weight is 270 g/mol. The van der Waals surface area contributed by atoms with E-state index in [1.807, 2.05) is 13.8 Å². The van der Waals surface area contributed by atoms with Gasteiger partial charge in [0.2, 0.25) is 0 Å². The molecule has 0 fully saturated rings. The standard InChI is InChI=1S/C14H20F2N2O/c1-9-5-6-10(15)11(12(9)16)13(19)18(4)8-14(2,3)7-17/h5-6H,7-8,17H2,1-4H3. The molecule has 1 amide bonds. The number of benzene rings is 1. The molecule has 0 spiro atoms. The topological polar surface area (TPSA) is 46.3 Å². The van der Waals surface area contributed by atoms with E-state index in [0.717, 1.165) is 6.07 Å². The van der Waals surface area contributed by atoms with Crippen molar-refractivity contribution in [2.24, 2.45) is 11.1 Å². The van der Waals surface area contributed by atoms with E-state index >= 15 is 0 Å². The van der Waals surface area contributed by atoms with Gasteiger partial charge in [-0.25, -0.2) is 8.78 Å². The van der Waals surface area contributed by atoms with Crippen LogP contribution in [-0.2, 0) is 0 Å². The molecular weight excluding hydrogens is 250 g/mol. The molecule has 0 aliphatic heterocycles. The number of halogens is 2. The summed E-state index contributed by atoms with van der Waals surface area (Å²) in [6.07, 6.45) is 0. The predicted molar refractivity (Wildman–Crippen MR) is 70.9 cm³/mol. The van der Waals surface area contributed by atoms with Crippen molar-refractivity contribution in [3.63, 3.8) is 0 Å². The van der Waals surface area contributed by atoms with Crippen molar-refractivity contribution in [3.8, 4) is 0 Å². The molecule has 2 N–H and O–H groups in total. The zero-order valence-corrected chi connectivity index (χ0v) is 11.8. The number of amides is 1. The normalized spacial score (nSPS) is 11.5. The fourth-order valence-corrected chi connectivity index (χ4v) is 1.82. The van der Waals surface area contributed by atoms with Gasteiger partial charge in [-0.3, -0.25) is 4.79 Å². The van der Waals surface area contributed by atoms with Gasteiger partial charge in [-0.05, 0) is 30.5 Å². The van der Waals surface area contributed by atoms with E-state index in [0.29, 0.717) is 13.1 Å². The maximum atomic E-state index is 13.9. The third-order valence-corrected chi connectivity index (χ3v) is 3.06. The van der Waals surface area contributed by atoms with E-state index in [-0.39, 0.29) is 11.0 Å². The number of nitrogens with zero attached hydrogens (tertiary/aromatic N) is 1. The van der Waals surface area contributed by atoms with Crippen LogP contribution < -0.4 is 5.73 Å². The Morgan fingerprint density at radius 2 is 1.95 bits per heavy atom. The molecule has 0 heterocycles. The molecule has 1 aromatic rings. The molecule has 0 aliphatic rings. The number of carbonyl (C=O) groups is 1. The molecule has 0 saturated carbocycles. The first kappa shape index (κ1) is 15.6. The summed E-state index contributed by atoms with van der Waals surface area (Å²) in [5.41, 5.74) is 5.03. The monoisotopic (exact) mass is 270 g/mol. The lowest BCUT2D eigenvalue weighted by Gasteiger charge is -2.29. The van der Waals surface area contributed by atoms with E-state index < -0.39 is 23.1 Å². The smallest absolute Gasteiger partial charge is 0.259 e. The zero-order valence-electron chi connectivity index (χ0n) is 11.8. The molecule has 1 rings (SSSR count). The van der Waals surface area contributed by atoms with Gasteiger partial charge in [-0.1, -0.05) is 19.9 Å². The fourth-order valence-electron chi connectivity index (χ4n) is 1.82. The Kier molecular flexibility index (Phi) is 4.63. The van der Waals surface area contributed by atoms with E-state index in [9.17, 15) is 13.6 Å². The third-order valence-electron chi connectivity index (χ3n) is 3.06. The van der Waals surface area contributed by atoms with Crippen LogP contribution in [0.5, 0.6) is 0 Å². The number of rotatable bonds is 4. The molecule has 5 heteroatoms. The van der Waals surface area contributed by atoms with Gasteiger partial charge in [0, 0.05) is 13.6 Å². The fraction of sp³-hybridized carbons (Fsp3) is 0.500. The van der Waals surface area contributed by atoms with Crippen molar-refractivity contribution in [3.05, 3.63) is 34.9 Å². The lowest BCUT2D eigenvalue weighted by Crippen LogP contribution is -2.40. The molecule has 0 saturated heterocycles. The van der Waals surface area contributed by atoms with Crippen LogP contribution in [0.4, 0.5) is 8.78 Å². The Balaban J connectivity index is 3.04. The number of aryl methyl sites for hydroxylation is 1. The van der Waals surface area contributed by atoms with Gasteiger partial charge in [-0.15, -0.1) is 0 Å². The van der Waals surface area contributed by atoms with Gasteiger partial charge in [0.15, 0.2) is 0 Å². The largest absolute Gasteiger partial charge is 0.341 e. The minimum absolute atomic E-state index is 0.247. The SMILES string of the molecule is Cc1ccc(F)c(C(=O)N(C)CC(C)(C)CN)c1F. The highest BCUT2D eigenvalue weighted by atomic mass is 19.1. The molecule has 106 valence electrons. The quantitative estimate of drug-likeness (QED) is 0.912. The molecule has 1 aromatic carbocycles. The summed E-state index contributed by atoms with van der Waals surface area (Å²) in [7, 11) is 1.51. The molecule has 0 aliphatic carbocycles. The lowest BCUT2D eigenvalue weighted by molar-refractivity contribution is 0.0730. The van der Waals surface area contributed by atoms with Crippen LogP contribution in [0.15, 0.2) is 12.1 Å². The van der Waals surface area contributed by atoms with E-state index in [1.165, 1.54) is 24.9 Å². The lowest BCUT2D eigenvalue weighted by atomic mass is 9.93. The highest BCUT2D eigenvalue weighted by Gasteiger charge is 2.26. The number of hydrogen-bond donors (Lipinski definition) is 1. The summed E-state index contributed by atoms with van der Waals surface area (Å²) in [5.74, 6) is -2.31.